The molecule has 1 aromatic carbocycles. The number of carbonyl (C=O) groups is 1. The number of nitrogens with zero attached hydrogens (tertiary/aromatic N) is 1. The van der Waals surface area contributed by atoms with E-state index in [0.29, 0.717) is 22.2 Å². The molecule has 0 radical (unpaired) electrons. The number of hydrogen-bond acceptors (Lipinski definition) is 6. The summed E-state index contributed by atoms with van der Waals surface area (Å²) in [6.45, 7) is 0. The number of anilines is 1. The summed E-state index contributed by atoms with van der Waals surface area (Å²) in [5.41, 5.74) is 1.37. The molecule has 2 rings (SSSR count). The van der Waals surface area contributed by atoms with Crippen molar-refractivity contribution in [2.45, 2.75) is 5.75 Å². The molecule has 0 aliphatic heterocycles. The van der Waals surface area contributed by atoms with Crippen LogP contribution < -0.4 is 14.8 Å². The molecule has 2 aromatic rings. The summed E-state index contributed by atoms with van der Waals surface area (Å²) in [4.78, 5) is 16.7. The Kier molecular flexibility index (Phi) is 5.46. The Morgan fingerprint density at radius 3 is 2.86 bits per heavy atom. The van der Waals surface area contributed by atoms with E-state index in [1.165, 1.54) is 25.6 Å². The van der Waals surface area contributed by atoms with Gasteiger partial charge in [0.05, 0.1) is 25.5 Å². The van der Waals surface area contributed by atoms with Crippen molar-refractivity contribution in [1.29, 1.82) is 0 Å². The summed E-state index contributed by atoms with van der Waals surface area (Å²) in [5, 5.41) is 5.30. The molecule has 0 fully saturated rings. The van der Waals surface area contributed by atoms with Crippen LogP contribution in [0.5, 0.6) is 11.5 Å². The molecule has 112 valence electrons. The van der Waals surface area contributed by atoms with E-state index in [4.69, 9.17) is 9.47 Å². The first-order chi connectivity index (χ1) is 10.2. The highest BCUT2D eigenvalue weighted by Gasteiger charge is 2.17. The minimum absolute atomic E-state index is 0.268. The lowest BCUT2D eigenvalue weighted by Crippen LogP contribution is -2.13. The maximum atomic E-state index is 12.3. The van der Waals surface area contributed by atoms with E-state index in [1.54, 1.807) is 30.0 Å². The topological polar surface area (TPSA) is 60.5 Å². The number of hydrogen-bond donors (Lipinski definition) is 1. The van der Waals surface area contributed by atoms with Gasteiger partial charge in [-0.15, -0.1) is 11.3 Å². The molecular weight excluding hydrogens is 308 g/mol. The number of amides is 1. The first kappa shape index (κ1) is 15.7. The van der Waals surface area contributed by atoms with Gasteiger partial charge in [-0.1, -0.05) is 6.07 Å². The number of nitrogens with one attached hydrogen (secondary N) is 1. The van der Waals surface area contributed by atoms with E-state index in [9.17, 15) is 4.79 Å². The number of carbonyl (C=O) groups excluding carboxylic acids is 1. The van der Waals surface area contributed by atoms with Crippen molar-refractivity contribution in [1.82, 2.24) is 4.98 Å². The predicted molar refractivity (Wildman–Crippen MR) is 86.8 cm³/mol. The number of thiazole rings is 1. The lowest BCUT2D eigenvalue weighted by atomic mass is 10.1. The van der Waals surface area contributed by atoms with Crippen molar-refractivity contribution in [3.05, 3.63) is 34.8 Å². The van der Waals surface area contributed by atoms with E-state index in [2.05, 4.69) is 10.3 Å². The van der Waals surface area contributed by atoms with E-state index >= 15 is 0 Å². The monoisotopic (exact) mass is 324 g/mol. The standard InChI is InChI=1S/C14H16N2O3S2/c1-18-11-6-4-5-10(12(11)19-2)13(17)16-14-15-9(7-20-3)8-21-14/h4-6,8H,7H2,1-3H3,(H,15,16,17). The normalized spacial score (nSPS) is 10.2. The fraction of sp³-hybridized carbons (Fsp3) is 0.286. The summed E-state index contributed by atoms with van der Waals surface area (Å²) in [5.74, 6) is 1.50. The molecule has 21 heavy (non-hydrogen) atoms. The third kappa shape index (κ3) is 3.68. The Bertz CT molecular complexity index is 628. The molecular formula is C14H16N2O3S2. The van der Waals surface area contributed by atoms with Crippen LogP contribution in [0, 0.1) is 0 Å². The molecule has 1 aromatic heterocycles. The second-order valence-electron chi connectivity index (χ2n) is 4.07. The van der Waals surface area contributed by atoms with Gasteiger partial charge in [-0.25, -0.2) is 4.98 Å². The molecule has 1 N–H and O–H groups in total. The molecule has 5 nitrogen and oxygen atoms in total. The Morgan fingerprint density at radius 2 is 2.19 bits per heavy atom. The highest BCUT2D eigenvalue weighted by atomic mass is 32.2. The summed E-state index contributed by atoms with van der Waals surface area (Å²) < 4.78 is 10.5. The van der Waals surface area contributed by atoms with Gasteiger partial charge in [-0.2, -0.15) is 11.8 Å². The molecule has 0 bridgehead atoms. The van der Waals surface area contributed by atoms with Crippen molar-refractivity contribution >= 4 is 34.1 Å². The largest absolute Gasteiger partial charge is 0.493 e. The van der Waals surface area contributed by atoms with Gasteiger partial charge in [0.25, 0.3) is 5.91 Å². The zero-order chi connectivity index (χ0) is 15.2. The second-order valence-corrected chi connectivity index (χ2v) is 5.80. The van der Waals surface area contributed by atoms with Crippen LogP contribution in [0.2, 0.25) is 0 Å². The van der Waals surface area contributed by atoms with Gasteiger partial charge in [0.1, 0.15) is 0 Å². The van der Waals surface area contributed by atoms with Crippen LogP contribution in [0.4, 0.5) is 5.13 Å². The van der Waals surface area contributed by atoms with Crippen molar-refractivity contribution < 1.29 is 14.3 Å². The van der Waals surface area contributed by atoms with E-state index in [-0.39, 0.29) is 5.91 Å². The minimum Gasteiger partial charge on any atom is -0.493 e. The quantitative estimate of drug-likeness (QED) is 0.883. The van der Waals surface area contributed by atoms with Gasteiger partial charge < -0.3 is 9.47 Å². The third-order valence-electron chi connectivity index (χ3n) is 2.71. The maximum Gasteiger partial charge on any atom is 0.261 e. The Balaban J connectivity index is 2.19. The molecule has 7 heteroatoms. The lowest BCUT2D eigenvalue weighted by Gasteiger charge is -2.11. The first-order valence-electron chi connectivity index (χ1n) is 6.15. The summed E-state index contributed by atoms with van der Waals surface area (Å²) in [6.07, 6.45) is 2.01. The predicted octanol–water partition coefficient (Wildman–Crippen LogP) is 3.28. The Hall–Kier alpha value is -1.73. The molecule has 0 saturated heterocycles. The minimum atomic E-state index is -0.268. The molecule has 0 aliphatic rings. The third-order valence-corrected chi connectivity index (χ3v) is 4.10. The van der Waals surface area contributed by atoms with Crippen LogP contribution in [-0.4, -0.2) is 31.4 Å². The molecule has 1 amide bonds. The fourth-order valence-corrected chi connectivity index (χ4v) is 3.06. The van der Waals surface area contributed by atoms with E-state index in [1.807, 2.05) is 11.6 Å². The average molecular weight is 324 g/mol. The molecule has 0 atom stereocenters. The van der Waals surface area contributed by atoms with E-state index < -0.39 is 0 Å². The van der Waals surface area contributed by atoms with Crippen molar-refractivity contribution in [3.63, 3.8) is 0 Å². The van der Waals surface area contributed by atoms with Crippen LogP contribution in [0.25, 0.3) is 0 Å². The maximum absolute atomic E-state index is 12.3. The number of rotatable bonds is 6. The number of thioether (sulfide) groups is 1. The Morgan fingerprint density at radius 1 is 1.38 bits per heavy atom. The Labute approximate surface area is 131 Å². The second kappa shape index (κ2) is 7.33. The average Bonchev–Trinajstić information content (AvgIpc) is 2.93. The summed E-state index contributed by atoms with van der Waals surface area (Å²) >= 11 is 3.10. The van der Waals surface area contributed by atoms with Crippen LogP contribution >= 0.6 is 23.1 Å². The van der Waals surface area contributed by atoms with Crippen LogP contribution in [0.1, 0.15) is 16.1 Å². The number of aromatic nitrogens is 1. The fourth-order valence-electron chi connectivity index (χ4n) is 1.81. The van der Waals surface area contributed by atoms with Crippen LogP contribution in [0.15, 0.2) is 23.6 Å². The highest BCUT2D eigenvalue weighted by molar-refractivity contribution is 7.97. The molecule has 1 heterocycles. The molecule has 0 saturated carbocycles. The molecule has 0 unspecified atom stereocenters. The smallest absolute Gasteiger partial charge is 0.261 e. The number of para-hydroxylation sites is 1. The van der Waals surface area contributed by atoms with Crippen LogP contribution in [0.3, 0.4) is 0 Å². The van der Waals surface area contributed by atoms with E-state index in [0.717, 1.165) is 11.4 Å². The number of benzene rings is 1. The van der Waals surface area contributed by atoms with Crippen LogP contribution in [-0.2, 0) is 5.75 Å². The SMILES string of the molecule is COc1cccc(C(=O)Nc2nc(CSC)cs2)c1OC. The zero-order valence-corrected chi connectivity index (χ0v) is 13.6. The zero-order valence-electron chi connectivity index (χ0n) is 12.0. The summed E-state index contributed by atoms with van der Waals surface area (Å²) in [6, 6.07) is 5.18. The van der Waals surface area contributed by atoms with Crippen molar-refractivity contribution in [3.8, 4) is 11.5 Å². The molecule has 0 spiro atoms. The van der Waals surface area contributed by atoms with Gasteiger partial charge in [-0.05, 0) is 18.4 Å². The van der Waals surface area contributed by atoms with Gasteiger partial charge in [0, 0.05) is 11.1 Å². The highest BCUT2D eigenvalue weighted by Crippen LogP contribution is 2.31. The summed E-state index contributed by atoms with van der Waals surface area (Å²) in [7, 11) is 3.05. The number of methoxy groups -OCH3 is 2. The van der Waals surface area contributed by atoms with Gasteiger partial charge in [-0.3, -0.25) is 10.1 Å². The molecule has 0 aliphatic carbocycles. The lowest BCUT2D eigenvalue weighted by molar-refractivity contribution is 0.102. The van der Waals surface area contributed by atoms with Crippen molar-refractivity contribution in [2.75, 3.05) is 25.8 Å². The van der Waals surface area contributed by atoms with Gasteiger partial charge in [0.2, 0.25) is 0 Å². The first-order valence-corrected chi connectivity index (χ1v) is 8.42. The van der Waals surface area contributed by atoms with Gasteiger partial charge >= 0.3 is 0 Å². The number of ether oxygens (including phenoxy) is 2. The van der Waals surface area contributed by atoms with Crippen molar-refractivity contribution in [2.24, 2.45) is 0 Å². The van der Waals surface area contributed by atoms with Gasteiger partial charge in [0.15, 0.2) is 16.6 Å².